The Morgan fingerprint density at radius 3 is 2.04 bits per heavy atom. The normalized spacial score (nSPS) is 10.7. The molecule has 3 heteroatoms. The molecular weight excluding hydrogens is 294 g/mol. The van der Waals surface area contributed by atoms with Crippen molar-refractivity contribution in [3.05, 3.63) is 84.9 Å². The first-order valence-electron chi connectivity index (χ1n) is 7.87. The van der Waals surface area contributed by atoms with Crippen LogP contribution in [0.15, 0.2) is 84.9 Å². The molecule has 3 N–H and O–H groups in total. The van der Waals surface area contributed by atoms with E-state index in [2.05, 4.69) is 46.6 Å². The second kappa shape index (κ2) is 6.05. The lowest BCUT2D eigenvalue weighted by molar-refractivity contribution is 1.10. The van der Waals surface area contributed by atoms with Gasteiger partial charge < -0.3 is 5.73 Å². The van der Waals surface area contributed by atoms with Crippen LogP contribution >= 0.6 is 0 Å². The van der Waals surface area contributed by atoms with Crippen LogP contribution in [0.2, 0.25) is 0 Å². The van der Waals surface area contributed by atoms with Crippen LogP contribution < -0.4 is 5.73 Å². The second-order valence-corrected chi connectivity index (χ2v) is 5.70. The van der Waals surface area contributed by atoms with Gasteiger partial charge in [0.15, 0.2) is 0 Å². The predicted molar refractivity (Wildman–Crippen MR) is 99.3 cm³/mol. The molecule has 4 aromatic rings. The monoisotopic (exact) mass is 311 g/mol. The minimum atomic E-state index is 0.743. The highest BCUT2D eigenvalue weighted by Gasteiger charge is 2.08. The molecule has 0 aliphatic heterocycles. The molecule has 0 unspecified atom stereocenters. The van der Waals surface area contributed by atoms with Crippen molar-refractivity contribution in [1.82, 2.24) is 10.2 Å². The minimum Gasteiger partial charge on any atom is -0.398 e. The van der Waals surface area contributed by atoms with Gasteiger partial charge in [-0.2, -0.15) is 5.10 Å². The molecule has 0 bridgehead atoms. The van der Waals surface area contributed by atoms with Crippen LogP contribution in [-0.4, -0.2) is 10.2 Å². The third-order valence-corrected chi connectivity index (χ3v) is 4.12. The Bertz CT molecular complexity index is 954. The molecule has 4 rings (SSSR count). The first-order valence-corrected chi connectivity index (χ1v) is 7.87. The van der Waals surface area contributed by atoms with Gasteiger partial charge in [0.2, 0.25) is 0 Å². The van der Waals surface area contributed by atoms with Crippen LogP contribution in [0, 0.1) is 0 Å². The molecule has 1 heterocycles. The number of hydrogen-bond donors (Lipinski definition) is 2. The van der Waals surface area contributed by atoms with E-state index in [4.69, 9.17) is 5.73 Å². The van der Waals surface area contributed by atoms with E-state index >= 15 is 0 Å². The number of H-pyrrole nitrogens is 1. The summed E-state index contributed by atoms with van der Waals surface area (Å²) in [6.45, 7) is 0. The lowest BCUT2D eigenvalue weighted by Gasteiger charge is -2.03. The Morgan fingerprint density at radius 1 is 0.667 bits per heavy atom. The Morgan fingerprint density at radius 2 is 1.29 bits per heavy atom. The molecule has 0 aliphatic carbocycles. The van der Waals surface area contributed by atoms with Gasteiger partial charge >= 0.3 is 0 Å². The Hall–Kier alpha value is -3.33. The SMILES string of the molecule is Nc1ccccc1-c1cc(-c2ccc(-c3ccccc3)cc2)n[nH]1. The summed E-state index contributed by atoms with van der Waals surface area (Å²) >= 11 is 0. The maximum Gasteiger partial charge on any atom is 0.0927 e. The molecule has 0 fully saturated rings. The predicted octanol–water partition coefficient (Wildman–Crippen LogP) is 4.99. The van der Waals surface area contributed by atoms with Gasteiger partial charge in [-0.15, -0.1) is 0 Å². The Labute approximate surface area is 140 Å². The minimum absolute atomic E-state index is 0.743. The van der Waals surface area contributed by atoms with Crippen LogP contribution in [-0.2, 0) is 0 Å². The molecular formula is C21H17N3. The van der Waals surface area contributed by atoms with Gasteiger partial charge in [0.25, 0.3) is 0 Å². The lowest BCUT2D eigenvalue weighted by atomic mass is 10.0. The summed E-state index contributed by atoms with van der Waals surface area (Å²) in [6.07, 6.45) is 0. The van der Waals surface area contributed by atoms with Crippen molar-refractivity contribution >= 4 is 5.69 Å². The summed E-state index contributed by atoms with van der Waals surface area (Å²) in [6, 6.07) is 28.6. The van der Waals surface area contributed by atoms with Crippen molar-refractivity contribution in [2.75, 3.05) is 5.73 Å². The maximum atomic E-state index is 6.04. The number of para-hydroxylation sites is 1. The zero-order valence-electron chi connectivity index (χ0n) is 13.1. The highest BCUT2D eigenvalue weighted by molar-refractivity contribution is 5.77. The number of anilines is 1. The fourth-order valence-corrected chi connectivity index (χ4v) is 2.81. The van der Waals surface area contributed by atoms with Crippen molar-refractivity contribution < 1.29 is 0 Å². The van der Waals surface area contributed by atoms with E-state index in [0.717, 1.165) is 28.2 Å². The van der Waals surface area contributed by atoms with Gasteiger partial charge in [0.05, 0.1) is 11.4 Å². The lowest BCUT2D eigenvalue weighted by Crippen LogP contribution is -1.88. The summed E-state index contributed by atoms with van der Waals surface area (Å²) < 4.78 is 0. The molecule has 24 heavy (non-hydrogen) atoms. The molecule has 0 amide bonds. The average molecular weight is 311 g/mol. The van der Waals surface area contributed by atoms with Gasteiger partial charge in [-0.05, 0) is 23.3 Å². The number of rotatable bonds is 3. The fraction of sp³-hybridized carbons (Fsp3) is 0. The zero-order valence-corrected chi connectivity index (χ0v) is 13.1. The molecule has 0 atom stereocenters. The number of nitrogens with zero attached hydrogens (tertiary/aromatic N) is 1. The molecule has 0 saturated heterocycles. The van der Waals surface area contributed by atoms with Crippen molar-refractivity contribution in [2.24, 2.45) is 0 Å². The topological polar surface area (TPSA) is 54.7 Å². The van der Waals surface area contributed by atoms with E-state index in [1.54, 1.807) is 0 Å². The molecule has 0 aliphatic rings. The third-order valence-electron chi connectivity index (χ3n) is 4.12. The van der Waals surface area contributed by atoms with Gasteiger partial charge in [-0.3, -0.25) is 5.10 Å². The van der Waals surface area contributed by atoms with Crippen molar-refractivity contribution in [2.45, 2.75) is 0 Å². The number of aromatic nitrogens is 2. The van der Waals surface area contributed by atoms with E-state index in [0.29, 0.717) is 0 Å². The van der Waals surface area contributed by atoms with Crippen LogP contribution in [0.1, 0.15) is 0 Å². The van der Waals surface area contributed by atoms with Crippen molar-refractivity contribution in [1.29, 1.82) is 0 Å². The summed E-state index contributed by atoms with van der Waals surface area (Å²) in [4.78, 5) is 0. The van der Waals surface area contributed by atoms with E-state index < -0.39 is 0 Å². The Kier molecular flexibility index (Phi) is 3.60. The number of benzene rings is 3. The summed E-state index contributed by atoms with van der Waals surface area (Å²) in [5.74, 6) is 0. The molecule has 0 radical (unpaired) electrons. The Balaban J connectivity index is 1.65. The van der Waals surface area contributed by atoms with Gasteiger partial charge in [-0.1, -0.05) is 72.8 Å². The van der Waals surface area contributed by atoms with E-state index in [1.807, 2.05) is 48.5 Å². The number of nitrogens with two attached hydrogens (primary N) is 1. The zero-order chi connectivity index (χ0) is 16.4. The molecule has 3 aromatic carbocycles. The summed E-state index contributed by atoms with van der Waals surface area (Å²) in [5.41, 5.74) is 13.1. The molecule has 0 spiro atoms. The van der Waals surface area contributed by atoms with Crippen LogP contribution in [0.5, 0.6) is 0 Å². The molecule has 1 aromatic heterocycles. The summed E-state index contributed by atoms with van der Waals surface area (Å²) in [5, 5.41) is 7.50. The molecule has 0 saturated carbocycles. The van der Waals surface area contributed by atoms with Crippen molar-refractivity contribution in [3.8, 4) is 33.6 Å². The first-order chi connectivity index (χ1) is 11.8. The quantitative estimate of drug-likeness (QED) is 0.523. The number of nitrogens with one attached hydrogen (secondary N) is 1. The summed E-state index contributed by atoms with van der Waals surface area (Å²) in [7, 11) is 0. The highest BCUT2D eigenvalue weighted by Crippen LogP contribution is 2.28. The maximum absolute atomic E-state index is 6.04. The highest BCUT2D eigenvalue weighted by atomic mass is 15.1. The largest absolute Gasteiger partial charge is 0.398 e. The van der Waals surface area contributed by atoms with E-state index in [9.17, 15) is 0 Å². The van der Waals surface area contributed by atoms with Gasteiger partial charge in [0.1, 0.15) is 0 Å². The van der Waals surface area contributed by atoms with Crippen molar-refractivity contribution in [3.63, 3.8) is 0 Å². The smallest absolute Gasteiger partial charge is 0.0927 e. The van der Waals surface area contributed by atoms with Crippen LogP contribution in [0.3, 0.4) is 0 Å². The average Bonchev–Trinajstić information content (AvgIpc) is 3.13. The fourth-order valence-electron chi connectivity index (χ4n) is 2.81. The number of hydrogen-bond acceptors (Lipinski definition) is 2. The van der Waals surface area contributed by atoms with Crippen LogP contribution in [0.4, 0.5) is 5.69 Å². The van der Waals surface area contributed by atoms with Crippen LogP contribution in [0.25, 0.3) is 33.6 Å². The molecule has 116 valence electrons. The first kappa shape index (κ1) is 14.3. The molecule has 3 nitrogen and oxygen atoms in total. The standard InChI is InChI=1S/C21H17N3/c22-19-9-5-4-8-18(19)21-14-20(23-24-21)17-12-10-16(11-13-17)15-6-2-1-3-7-15/h1-14H,22H2,(H,23,24). The third kappa shape index (κ3) is 2.68. The number of nitrogen functional groups attached to an aromatic ring is 1. The van der Waals surface area contributed by atoms with Gasteiger partial charge in [0, 0.05) is 16.8 Å². The van der Waals surface area contributed by atoms with E-state index in [1.165, 1.54) is 11.1 Å². The van der Waals surface area contributed by atoms with Gasteiger partial charge in [-0.25, -0.2) is 0 Å². The second-order valence-electron chi connectivity index (χ2n) is 5.70. The number of aromatic amines is 1. The van der Waals surface area contributed by atoms with E-state index in [-0.39, 0.29) is 0 Å².